The van der Waals surface area contributed by atoms with E-state index in [2.05, 4.69) is 29.0 Å². The fraction of sp³-hybridized carbons (Fsp3) is 0.571. The molecule has 4 heteroatoms. The summed E-state index contributed by atoms with van der Waals surface area (Å²) >= 11 is 0. The minimum absolute atomic E-state index is 0.138. The van der Waals surface area contributed by atoms with E-state index in [0.717, 1.165) is 50.3 Å². The Morgan fingerprint density at radius 2 is 1.88 bits per heavy atom. The fourth-order valence-corrected chi connectivity index (χ4v) is 3.57. The topological polar surface area (TPSA) is 45.5 Å². The smallest absolute Gasteiger partial charge is 0.161 e. The van der Waals surface area contributed by atoms with Gasteiger partial charge in [0.15, 0.2) is 11.5 Å². The van der Waals surface area contributed by atoms with Crippen LogP contribution in [-0.4, -0.2) is 32.2 Å². The molecule has 1 aliphatic rings. The number of hydrogen-bond donors (Lipinski definition) is 0. The zero-order chi connectivity index (χ0) is 18.1. The molecule has 134 valence electrons. The number of rotatable bonds is 9. The summed E-state index contributed by atoms with van der Waals surface area (Å²) in [5, 5.41) is 9.31. The maximum atomic E-state index is 9.31. The van der Waals surface area contributed by atoms with Gasteiger partial charge in [0.1, 0.15) is 0 Å². The van der Waals surface area contributed by atoms with Crippen molar-refractivity contribution >= 4 is 0 Å². The van der Waals surface area contributed by atoms with E-state index >= 15 is 0 Å². The Bertz CT molecular complexity index is 643. The number of benzene rings is 1. The molecule has 2 rings (SSSR count). The monoisotopic (exact) mass is 340 g/mol. The van der Waals surface area contributed by atoms with Gasteiger partial charge in [-0.05, 0) is 49.1 Å². The van der Waals surface area contributed by atoms with Gasteiger partial charge < -0.3 is 9.47 Å². The number of nitrogens with zero attached hydrogens (tertiary/aromatic N) is 2. The van der Waals surface area contributed by atoms with E-state index in [1.54, 1.807) is 14.2 Å². The highest BCUT2D eigenvalue weighted by molar-refractivity contribution is 5.49. The average Bonchev–Trinajstić information content (AvgIpc) is 2.64. The number of fused-ring (bicyclic) bond motifs is 1. The molecule has 0 saturated heterocycles. The van der Waals surface area contributed by atoms with Crippen LogP contribution in [0.1, 0.15) is 55.7 Å². The molecule has 0 amide bonds. The van der Waals surface area contributed by atoms with Crippen LogP contribution in [0.3, 0.4) is 0 Å². The summed E-state index contributed by atoms with van der Waals surface area (Å²) in [4.78, 5) is 2.44. The third kappa shape index (κ3) is 4.91. The Morgan fingerprint density at radius 3 is 2.56 bits per heavy atom. The molecule has 1 aliphatic heterocycles. The predicted molar refractivity (Wildman–Crippen MR) is 99.7 cm³/mol. The Labute approximate surface area is 151 Å². The summed E-state index contributed by atoms with van der Waals surface area (Å²) in [7, 11) is 3.31. The minimum atomic E-state index is 0.138. The van der Waals surface area contributed by atoms with Gasteiger partial charge in [0.25, 0.3) is 0 Å². The second-order valence-corrected chi connectivity index (χ2v) is 6.44. The van der Waals surface area contributed by atoms with Crippen LogP contribution in [0.4, 0.5) is 0 Å². The summed E-state index contributed by atoms with van der Waals surface area (Å²) in [5.41, 5.74) is 2.47. The Hall–Kier alpha value is -2.17. The number of terminal acetylenes is 1. The minimum Gasteiger partial charge on any atom is -0.493 e. The van der Waals surface area contributed by atoms with Gasteiger partial charge in [-0.15, -0.1) is 12.3 Å². The van der Waals surface area contributed by atoms with Crippen molar-refractivity contribution in [2.45, 2.75) is 51.0 Å². The lowest BCUT2D eigenvalue weighted by Crippen LogP contribution is -2.36. The molecule has 0 N–H and O–H groups in total. The molecule has 1 atom stereocenters. The molecule has 0 aliphatic carbocycles. The molecule has 1 aromatic rings. The molecule has 0 saturated carbocycles. The summed E-state index contributed by atoms with van der Waals surface area (Å²) in [6, 6.07) is 6.61. The number of methoxy groups -OCH3 is 2. The van der Waals surface area contributed by atoms with E-state index in [4.69, 9.17) is 15.9 Å². The lowest BCUT2D eigenvalue weighted by molar-refractivity contribution is 0.182. The largest absolute Gasteiger partial charge is 0.493 e. The first kappa shape index (κ1) is 19.2. The van der Waals surface area contributed by atoms with Gasteiger partial charge >= 0.3 is 0 Å². The van der Waals surface area contributed by atoms with Gasteiger partial charge in [0, 0.05) is 19.0 Å². The number of nitriles is 1. The zero-order valence-electron chi connectivity index (χ0n) is 15.4. The molecule has 1 heterocycles. The van der Waals surface area contributed by atoms with E-state index in [9.17, 15) is 5.26 Å². The first-order valence-electron chi connectivity index (χ1n) is 9.04. The van der Waals surface area contributed by atoms with Crippen LogP contribution >= 0.6 is 0 Å². The molecular formula is C21H28N2O2. The summed E-state index contributed by atoms with van der Waals surface area (Å²) < 4.78 is 10.9. The van der Waals surface area contributed by atoms with Crippen molar-refractivity contribution in [1.82, 2.24) is 4.90 Å². The molecule has 1 unspecified atom stereocenters. The molecule has 0 radical (unpaired) electrons. The summed E-state index contributed by atoms with van der Waals surface area (Å²) in [5.74, 6) is 4.19. The SMILES string of the molecule is C#CCCCCCCN1CCc2cc(OC)c(OC)cc2C1CC#N. The van der Waals surface area contributed by atoms with Crippen molar-refractivity contribution in [2.24, 2.45) is 0 Å². The van der Waals surface area contributed by atoms with Crippen LogP contribution in [0.5, 0.6) is 11.5 Å². The quantitative estimate of drug-likeness (QED) is 0.501. The van der Waals surface area contributed by atoms with Gasteiger partial charge in [-0.3, -0.25) is 4.90 Å². The second kappa shape index (κ2) is 9.97. The lowest BCUT2D eigenvalue weighted by atomic mass is 9.90. The van der Waals surface area contributed by atoms with Gasteiger partial charge in [0.05, 0.1) is 26.7 Å². The fourth-order valence-electron chi connectivity index (χ4n) is 3.57. The first-order chi connectivity index (χ1) is 12.2. The van der Waals surface area contributed by atoms with Crippen LogP contribution in [0, 0.1) is 23.7 Å². The van der Waals surface area contributed by atoms with E-state index in [-0.39, 0.29) is 6.04 Å². The van der Waals surface area contributed by atoms with Crippen molar-refractivity contribution in [2.75, 3.05) is 27.3 Å². The molecule has 0 spiro atoms. The highest BCUT2D eigenvalue weighted by Gasteiger charge is 2.28. The Kier molecular flexibility index (Phi) is 7.64. The predicted octanol–water partition coefficient (Wildman–Crippen LogP) is 4.10. The van der Waals surface area contributed by atoms with Crippen molar-refractivity contribution in [3.63, 3.8) is 0 Å². The Morgan fingerprint density at radius 1 is 1.16 bits per heavy atom. The molecular weight excluding hydrogens is 312 g/mol. The maximum Gasteiger partial charge on any atom is 0.161 e. The molecule has 1 aromatic carbocycles. The first-order valence-corrected chi connectivity index (χ1v) is 9.04. The maximum absolute atomic E-state index is 9.31. The highest BCUT2D eigenvalue weighted by Crippen LogP contribution is 2.39. The highest BCUT2D eigenvalue weighted by atomic mass is 16.5. The molecule has 4 nitrogen and oxygen atoms in total. The van der Waals surface area contributed by atoms with Crippen molar-refractivity contribution in [1.29, 1.82) is 5.26 Å². The lowest BCUT2D eigenvalue weighted by Gasteiger charge is -2.36. The third-order valence-corrected chi connectivity index (χ3v) is 4.91. The summed E-state index contributed by atoms with van der Waals surface area (Å²) in [6.07, 6.45) is 12.3. The van der Waals surface area contributed by atoms with Gasteiger partial charge in [0.2, 0.25) is 0 Å². The van der Waals surface area contributed by atoms with E-state index < -0.39 is 0 Å². The number of ether oxygens (including phenoxy) is 2. The normalized spacial score (nSPS) is 16.6. The van der Waals surface area contributed by atoms with E-state index in [1.165, 1.54) is 24.0 Å². The van der Waals surface area contributed by atoms with Gasteiger partial charge in [-0.1, -0.05) is 12.8 Å². The van der Waals surface area contributed by atoms with Crippen molar-refractivity contribution in [3.05, 3.63) is 23.3 Å². The van der Waals surface area contributed by atoms with Crippen molar-refractivity contribution in [3.8, 4) is 29.9 Å². The van der Waals surface area contributed by atoms with E-state index in [0.29, 0.717) is 6.42 Å². The zero-order valence-corrected chi connectivity index (χ0v) is 15.4. The average molecular weight is 340 g/mol. The third-order valence-electron chi connectivity index (χ3n) is 4.91. The summed E-state index contributed by atoms with van der Waals surface area (Å²) in [6.45, 7) is 2.01. The standard InChI is InChI=1S/C21H28N2O2/c1-4-5-6-7-8-9-13-23-14-11-17-15-20(24-2)21(25-3)16-18(17)19(23)10-12-22/h1,15-16,19H,5-11,13-14H2,2-3H3. The molecule has 0 bridgehead atoms. The molecule has 0 fully saturated rings. The number of hydrogen-bond acceptors (Lipinski definition) is 4. The van der Waals surface area contributed by atoms with Crippen LogP contribution in [0.15, 0.2) is 12.1 Å². The second-order valence-electron chi connectivity index (χ2n) is 6.44. The van der Waals surface area contributed by atoms with E-state index in [1.807, 2.05) is 0 Å². The van der Waals surface area contributed by atoms with Gasteiger partial charge in [-0.2, -0.15) is 5.26 Å². The van der Waals surface area contributed by atoms with Crippen LogP contribution in [-0.2, 0) is 6.42 Å². The number of unbranched alkanes of at least 4 members (excludes halogenated alkanes) is 4. The molecule has 25 heavy (non-hydrogen) atoms. The van der Waals surface area contributed by atoms with Crippen molar-refractivity contribution < 1.29 is 9.47 Å². The van der Waals surface area contributed by atoms with Crippen LogP contribution < -0.4 is 9.47 Å². The Balaban J connectivity index is 2.07. The van der Waals surface area contributed by atoms with Crippen LogP contribution in [0.2, 0.25) is 0 Å². The molecule has 0 aromatic heterocycles. The van der Waals surface area contributed by atoms with Gasteiger partial charge in [-0.25, -0.2) is 0 Å². The van der Waals surface area contributed by atoms with Crippen LogP contribution in [0.25, 0.3) is 0 Å².